The summed E-state index contributed by atoms with van der Waals surface area (Å²) in [4.78, 5) is 13.7. The van der Waals surface area contributed by atoms with Gasteiger partial charge in [0.15, 0.2) is 0 Å². The number of nitrogens with one attached hydrogen (secondary N) is 2. The number of benzene rings is 1. The standard InChI is InChI=1S/C19H31N3O4S/c1-5-20-19(3,14-15-10-9-13-22(15)6-2)27(24,25)21-18(23)16-11-7-8-12-17(16)26-4/h7-8,11-12,15,20H,5-6,9-10,13-14H2,1-4H3,(H,21,23). The van der Waals surface area contributed by atoms with Crippen molar-refractivity contribution < 1.29 is 17.9 Å². The molecule has 0 bridgehead atoms. The molecular weight excluding hydrogens is 366 g/mol. The van der Waals surface area contributed by atoms with Crippen molar-refractivity contribution in [3.8, 4) is 5.75 Å². The van der Waals surface area contributed by atoms with E-state index in [4.69, 9.17) is 4.74 Å². The summed E-state index contributed by atoms with van der Waals surface area (Å²) in [5.41, 5.74) is 0.193. The van der Waals surface area contributed by atoms with Crippen LogP contribution in [-0.2, 0) is 10.0 Å². The molecule has 2 unspecified atom stereocenters. The first-order valence-electron chi connectivity index (χ1n) is 9.46. The number of para-hydroxylation sites is 1. The van der Waals surface area contributed by atoms with Gasteiger partial charge >= 0.3 is 0 Å². The normalized spacial score (nSPS) is 20.2. The van der Waals surface area contributed by atoms with Crippen LogP contribution < -0.4 is 14.8 Å². The lowest BCUT2D eigenvalue weighted by Crippen LogP contribution is -2.57. The number of rotatable bonds is 9. The lowest BCUT2D eigenvalue weighted by atomic mass is 10.1. The van der Waals surface area contributed by atoms with E-state index in [1.54, 1.807) is 31.2 Å². The Balaban J connectivity index is 2.25. The summed E-state index contributed by atoms with van der Waals surface area (Å²) in [5, 5.41) is 3.10. The maximum Gasteiger partial charge on any atom is 0.268 e. The molecule has 152 valence electrons. The number of carbonyl (C=O) groups excluding carboxylic acids is 1. The van der Waals surface area contributed by atoms with Crippen LogP contribution in [0.5, 0.6) is 5.75 Å². The molecule has 0 aromatic heterocycles. The van der Waals surface area contributed by atoms with Gasteiger partial charge in [0.1, 0.15) is 10.6 Å². The molecule has 1 aromatic rings. The minimum atomic E-state index is -3.97. The summed E-state index contributed by atoms with van der Waals surface area (Å²) in [6, 6.07) is 6.75. The molecule has 27 heavy (non-hydrogen) atoms. The number of methoxy groups -OCH3 is 1. The maximum atomic E-state index is 13.2. The van der Waals surface area contributed by atoms with Crippen molar-refractivity contribution in [2.45, 2.75) is 50.9 Å². The highest BCUT2D eigenvalue weighted by molar-refractivity contribution is 7.91. The minimum absolute atomic E-state index is 0.178. The van der Waals surface area contributed by atoms with E-state index in [0.29, 0.717) is 18.7 Å². The van der Waals surface area contributed by atoms with Crippen LogP contribution in [0.3, 0.4) is 0 Å². The number of sulfonamides is 1. The number of hydrogen-bond acceptors (Lipinski definition) is 6. The fraction of sp³-hybridized carbons (Fsp3) is 0.632. The van der Waals surface area contributed by atoms with Crippen molar-refractivity contribution in [1.82, 2.24) is 14.9 Å². The van der Waals surface area contributed by atoms with Crippen molar-refractivity contribution in [1.29, 1.82) is 0 Å². The average Bonchev–Trinajstić information content (AvgIpc) is 3.08. The second kappa shape index (κ2) is 9.03. The Morgan fingerprint density at radius 2 is 2.04 bits per heavy atom. The first-order chi connectivity index (χ1) is 12.8. The maximum absolute atomic E-state index is 13.2. The van der Waals surface area contributed by atoms with Crippen LogP contribution in [0.2, 0.25) is 0 Å². The zero-order valence-electron chi connectivity index (χ0n) is 16.6. The third-order valence-corrected chi connectivity index (χ3v) is 7.20. The van der Waals surface area contributed by atoms with Crippen LogP contribution in [0.15, 0.2) is 24.3 Å². The van der Waals surface area contributed by atoms with Gasteiger partial charge in [-0.25, -0.2) is 13.1 Å². The van der Waals surface area contributed by atoms with Crippen LogP contribution in [0.1, 0.15) is 50.4 Å². The SMILES string of the molecule is CCNC(C)(CC1CCCN1CC)S(=O)(=O)NC(=O)c1ccccc1OC. The lowest BCUT2D eigenvalue weighted by molar-refractivity contribution is 0.0976. The molecule has 1 fully saturated rings. The molecule has 2 N–H and O–H groups in total. The number of likely N-dealkylation sites (tertiary alicyclic amines) is 1. The third kappa shape index (κ3) is 4.80. The summed E-state index contributed by atoms with van der Waals surface area (Å²) in [6.45, 7) is 7.96. The Hall–Kier alpha value is -1.64. The second-order valence-corrected chi connectivity index (χ2v) is 9.14. The Bertz CT molecular complexity index is 753. The molecule has 8 heteroatoms. The quantitative estimate of drug-likeness (QED) is 0.662. The zero-order chi connectivity index (χ0) is 20.1. The second-order valence-electron chi connectivity index (χ2n) is 7.02. The van der Waals surface area contributed by atoms with Crippen molar-refractivity contribution in [2.24, 2.45) is 0 Å². The van der Waals surface area contributed by atoms with Gasteiger partial charge in [-0.05, 0) is 58.0 Å². The van der Waals surface area contributed by atoms with Crippen molar-refractivity contribution in [3.05, 3.63) is 29.8 Å². The summed E-state index contributed by atoms with van der Waals surface area (Å²) in [7, 11) is -2.52. The van der Waals surface area contributed by atoms with E-state index in [9.17, 15) is 13.2 Å². The van der Waals surface area contributed by atoms with E-state index in [0.717, 1.165) is 25.9 Å². The van der Waals surface area contributed by atoms with Crippen molar-refractivity contribution >= 4 is 15.9 Å². The van der Waals surface area contributed by atoms with Gasteiger partial charge < -0.3 is 9.64 Å². The highest BCUT2D eigenvalue weighted by Gasteiger charge is 2.43. The molecule has 1 aliphatic rings. The summed E-state index contributed by atoms with van der Waals surface area (Å²) in [6.07, 6.45) is 2.45. The van der Waals surface area contributed by atoms with Crippen LogP contribution in [-0.4, -0.2) is 56.9 Å². The highest BCUT2D eigenvalue weighted by atomic mass is 32.2. The van der Waals surface area contributed by atoms with E-state index < -0.39 is 20.8 Å². The average molecular weight is 398 g/mol. The van der Waals surface area contributed by atoms with Gasteiger partial charge in [0, 0.05) is 6.04 Å². The molecule has 0 radical (unpaired) electrons. The number of nitrogens with zero attached hydrogens (tertiary/aromatic N) is 1. The van der Waals surface area contributed by atoms with Gasteiger partial charge in [-0.1, -0.05) is 26.0 Å². The number of amides is 1. The largest absolute Gasteiger partial charge is 0.496 e. The molecule has 1 amide bonds. The van der Waals surface area contributed by atoms with E-state index in [2.05, 4.69) is 21.9 Å². The van der Waals surface area contributed by atoms with Gasteiger partial charge in [0.2, 0.25) is 0 Å². The molecule has 0 spiro atoms. The number of carbonyl (C=O) groups is 1. The van der Waals surface area contributed by atoms with E-state index in [1.165, 1.54) is 7.11 Å². The molecule has 1 aromatic carbocycles. The van der Waals surface area contributed by atoms with Crippen LogP contribution in [0.25, 0.3) is 0 Å². The molecular formula is C19H31N3O4S. The highest BCUT2D eigenvalue weighted by Crippen LogP contribution is 2.29. The van der Waals surface area contributed by atoms with Crippen LogP contribution in [0, 0.1) is 0 Å². The molecule has 2 atom stereocenters. The molecule has 0 aliphatic carbocycles. The van der Waals surface area contributed by atoms with Gasteiger partial charge in [0.25, 0.3) is 15.9 Å². The fourth-order valence-corrected chi connectivity index (χ4v) is 5.09. The van der Waals surface area contributed by atoms with Gasteiger partial charge in [-0.3, -0.25) is 10.1 Å². The van der Waals surface area contributed by atoms with Gasteiger partial charge in [-0.15, -0.1) is 0 Å². The van der Waals surface area contributed by atoms with Gasteiger partial charge in [0.05, 0.1) is 12.7 Å². The Morgan fingerprint density at radius 1 is 1.33 bits per heavy atom. The molecule has 2 rings (SSSR count). The molecule has 1 saturated heterocycles. The van der Waals surface area contributed by atoms with Gasteiger partial charge in [-0.2, -0.15) is 0 Å². The van der Waals surface area contributed by atoms with E-state index in [-0.39, 0.29) is 11.6 Å². The Kier molecular flexibility index (Phi) is 7.25. The fourth-order valence-electron chi connectivity index (χ4n) is 3.76. The molecule has 7 nitrogen and oxygen atoms in total. The Morgan fingerprint density at radius 3 is 2.67 bits per heavy atom. The van der Waals surface area contributed by atoms with E-state index >= 15 is 0 Å². The number of ether oxygens (including phenoxy) is 1. The predicted octanol–water partition coefficient (Wildman–Crippen LogP) is 1.95. The third-order valence-electron chi connectivity index (χ3n) is 5.25. The summed E-state index contributed by atoms with van der Waals surface area (Å²) < 4.78 is 33.7. The first kappa shape index (κ1) is 21.7. The van der Waals surface area contributed by atoms with E-state index in [1.807, 2.05) is 6.92 Å². The monoisotopic (exact) mass is 397 g/mol. The molecule has 1 heterocycles. The van der Waals surface area contributed by atoms with Crippen LogP contribution in [0.4, 0.5) is 0 Å². The minimum Gasteiger partial charge on any atom is -0.496 e. The van der Waals surface area contributed by atoms with Crippen LogP contribution >= 0.6 is 0 Å². The first-order valence-corrected chi connectivity index (χ1v) is 10.9. The smallest absolute Gasteiger partial charge is 0.268 e. The Labute approximate surface area is 162 Å². The topological polar surface area (TPSA) is 87.7 Å². The van der Waals surface area contributed by atoms with Crippen molar-refractivity contribution in [3.63, 3.8) is 0 Å². The summed E-state index contributed by atoms with van der Waals surface area (Å²) >= 11 is 0. The predicted molar refractivity (Wildman–Crippen MR) is 106 cm³/mol. The molecule has 0 saturated carbocycles. The lowest BCUT2D eigenvalue weighted by Gasteiger charge is -2.35. The summed E-state index contributed by atoms with van der Waals surface area (Å²) in [5.74, 6) is -0.348. The zero-order valence-corrected chi connectivity index (χ0v) is 17.4. The molecule has 1 aliphatic heterocycles. The number of hydrogen-bond donors (Lipinski definition) is 2. The van der Waals surface area contributed by atoms with Crippen molar-refractivity contribution in [2.75, 3.05) is 26.7 Å².